The summed E-state index contributed by atoms with van der Waals surface area (Å²) in [5.41, 5.74) is 1.06. The third-order valence-electron chi connectivity index (χ3n) is 3.35. The summed E-state index contributed by atoms with van der Waals surface area (Å²) in [4.78, 5) is 21.2. The summed E-state index contributed by atoms with van der Waals surface area (Å²) < 4.78 is 6.57. The van der Waals surface area contributed by atoms with Gasteiger partial charge in [-0.3, -0.25) is 9.59 Å². The van der Waals surface area contributed by atoms with E-state index >= 15 is 0 Å². The zero-order chi connectivity index (χ0) is 17.4. The molecule has 2 rings (SSSR count). The lowest BCUT2D eigenvalue weighted by Gasteiger charge is -2.11. The van der Waals surface area contributed by atoms with Crippen LogP contribution in [0.15, 0.2) is 33.7 Å². The number of nitrogens with zero attached hydrogens (tertiary/aromatic N) is 1. The number of hydrogen-bond acceptors (Lipinski definition) is 5. The lowest BCUT2D eigenvalue weighted by Crippen LogP contribution is -2.08. The lowest BCUT2D eigenvalue weighted by atomic mass is 10.1. The third kappa shape index (κ3) is 5.41. The van der Waals surface area contributed by atoms with E-state index in [9.17, 15) is 9.59 Å². The van der Waals surface area contributed by atoms with Crippen LogP contribution in [0.1, 0.15) is 42.2 Å². The Hall–Kier alpha value is -2.34. The minimum Gasteiger partial charge on any atom is -0.502 e. The fourth-order valence-corrected chi connectivity index (χ4v) is 1.93. The van der Waals surface area contributed by atoms with Crippen LogP contribution >= 0.6 is 0 Å². The molecule has 0 saturated heterocycles. The predicted octanol–water partition coefficient (Wildman–Crippen LogP) is 2.49. The Morgan fingerprint density at radius 1 is 1.30 bits per heavy atom. The van der Waals surface area contributed by atoms with Crippen LogP contribution < -0.4 is 5.43 Å². The largest absolute Gasteiger partial charge is 0.502 e. The van der Waals surface area contributed by atoms with Crippen LogP contribution in [-0.2, 0) is 13.2 Å². The van der Waals surface area contributed by atoms with Gasteiger partial charge in [0.1, 0.15) is 5.76 Å². The molecule has 0 aliphatic carbocycles. The molecule has 6 nitrogen and oxygen atoms in total. The number of rotatable bonds is 5. The Bertz CT molecular complexity index is 685. The molecule has 23 heavy (non-hydrogen) atoms. The fraction of sp³-hybridized carbons (Fsp3) is 0.412. The average molecular weight is 321 g/mol. The Kier molecular flexibility index (Phi) is 7.28. The van der Waals surface area contributed by atoms with Gasteiger partial charge >= 0.3 is 0 Å². The number of carbonyl (C=O) groups excluding carboxylic acids is 1. The first-order valence-electron chi connectivity index (χ1n) is 7.42. The highest BCUT2D eigenvalue weighted by Gasteiger charge is 2.06. The van der Waals surface area contributed by atoms with E-state index in [1.165, 1.54) is 19.3 Å². The summed E-state index contributed by atoms with van der Waals surface area (Å²) in [6.07, 6.45) is 3.10. The Balaban J connectivity index is 0.000000253. The van der Waals surface area contributed by atoms with Gasteiger partial charge in [0.2, 0.25) is 11.2 Å². The van der Waals surface area contributed by atoms with Gasteiger partial charge < -0.3 is 19.2 Å². The molecule has 0 atom stereocenters. The van der Waals surface area contributed by atoms with Crippen molar-refractivity contribution in [3.05, 3.63) is 51.8 Å². The molecule has 0 spiro atoms. The van der Waals surface area contributed by atoms with Crippen LogP contribution in [0.3, 0.4) is 0 Å². The third-order valence-corrected chi connectivity index (χ3v) is 3.35. The Morgan fingerprint density at radius 3 is 2.48 bits per heavy atom. The van der Waals surface area contributed by atoms with Gasteiger partial charge in [-0.05, 0) is 31.4 Å². The first-order valence-corrected chi connectivity index (χ1v) is 7.42. The van der Waals surface area contributed by atoms with Crippen LogP contribution in [0, 0.1) is 12.8 Å². The highest BCUT2D eigenvalue weighted by atomic mass is 16.4. The molecule has 0 unspecified atom stereocenters. The van der Waals surface area contributed by atoms with Crippen molar-refractivity contribution in [1.82, 2.24) is 4.57 Å². The number of aromatic nitrogens is 1. The average Bonchev–Trinajstić information content (AvgIpc) is 2.93. The quantitative estimate of drug-likeness (QED) is 0.825. The van der Waals surface area contributed by atoms with Crippen LogP contribution in [0.25, 0.3) is 0 Å². The van der Waals surface area contributed by atoms with Gasteiger partial charge in [-0.1, -0.05) is 13.8 Å². The normalized spacial score (nSPS) is 10.3. The zero-order valence-electron chi connectivity index (χ0n) is 13.7. The van der Waals surface area contributed by atoms with Gasteiger partial charge in [-0.25, -0.2) is 0 Å². The summed E-state index contributed by atoms with van der Waals surface area (Å²) >= 11 is 0. The molecule has 2 N–H and O–H groups in total. The topological polar surface area (TPSA) is 92.7 Å². The second-order valence-corrected chi connectivity index (χ2v) is 5.55. The van der Waals surface area contributed by atoms with Crippen LogP contribution in [0.4, 0.5) is 0 Å². The number of aryl methyl sites for hydroxylation is 1. The maximum absolute atomic E-state index is 10.7. The molecule has 6 heteroatoms. The maximum Gasteiger partial charge on any atom is 0.226 e. The van der Waals surface area contributed by atoms with Crippen molar-refractivity contribution in [2.75, 3.05) is 0 Å². The highest BCUT2D eigenvalue weighted by Crippen LogP contribution is 2.11. The zero-order valence-corrected chi connectivity index (χ0v) is 13.7. The van der Waals surface area contributed by atoms with E-state index in [0.29, 0.717) is 11.6 Å². The smallest absolute Gasteiger partial charge is 0.226 e. The molecule has 2 aromatic rings. The summed E-state index contributed by atoms with van der Waals surface area (Å²) in [7, 11) is 0. The molecule has 0 radical (unpaired) electrons. The second-order valence-electron chi connectivity index (χ2n) is 5.55. The van der Waals surface area contributed by atoms with Crippen LogP contribution in [-0.4, -0.2) is 21.1 Å². The standard InChI is InChI=1S/C11H17NO2.C6H6O3/c1-9(2)5-6-12-10(7-13)3-4-11(12)8-14;1-4-6(8)5(7)2-3-9-4/h3-4,7,9,14H,5-6,8H2,1-2H3;2-3,8H,1H3. The van der Waals surface area contributed by atoms with Crippen molar-refractivity contribution in [2.24, 2.45) is 5.92 Å². The summed E-state index contributed by atoms with van der Waals surface area (Å²) in [5, 5.41) is 17.9. The minimum absolute atomic E-state index is 0.00800. The highest BCUT2D eigenvalue weighted by molar-refractivity contribution is 5.72. The van der Waals surface area contributed by atoms with E-state index < -0.39 is 5.43 Å². The van der Waals surface area contributed by atoms with Gasteiger partial charge in [-0.2, -0.15) is 0 Å². The molecule has 2 aromatic heterocycles. The molecular formula is C17H23NO5. The first-order chi connectivity index (χ1) is 10.9. The van der Waals surface area contributed by atoms with Gasteiger partial charge in [-0.15, -0.1) is 0 Å². The van der Waals surface area contributed by atoms with E-state index in [2.05, 4.69) is 18.3 Å². The number of aliphatic hydroxyl groups excluding tert-OH is 1. The van der Waals surface area contributed by atoms with Gasteiger partial charge in [0, 0.05) is 18.3 Å². The van der Waals surface area contributed by atoms with Crippen molar-refractivity contribution >= 4 is 6.29 Å². The second kappa shape index (κ2) is 8.95. The number of hydrogen-bond donors (Lipinski definition) is 2. The number of aromatic hydroxyl groups is 1. The van der Waals surface area contributed by atoms with E-state index in [-0.39, 0.29) is 18.1 Å². The van der Waals surface area contributed by atoms with Gasteiger partial charge in [0.05, 0.1) is 18.6 Å². The SMILES string of the molecule is CC(C)CCn1c(C=O)ccc1CO.Cc1occc(=O)c1O. The number of aliphatic hydroxyl groups is 1. The van der Waals surface area contributed by atoms with Gasteiger partial charge in [0.25, 0.3) is 0 Å². The molecule has 0 aromatic carbocycles. The van der Waals surface area contributed by atoms with Crippen LogP contribution in [0.2, 0.25) is 0 Å². The van der Waals surface area contributed by atoms with Crippen molar-refractivity contribution in [1.29, 1.82) is 0 Å². The van der Waals surface area contributed by atoms with Crippen molar-refractivity contribution < 1.29 is 19.4 Å². The minimum atomic E-state index is -0.404. The molecule has 0 fully saturated rings. The van der Waals surface area contributed by atoms with Crippen LogP contribution in [0.5, 0.6) is 5.75 Å². The summed E-state index contributed by atoms with van der Waals surface area (Å²) in [5.74, 6) is 0.545. The lowest BCUT2D eigenvalue weighted by molar-refractivity contribution is 0.111. The first kappa shape index (κ1) is 18.7. The summed E-state index contributed by atoms with van der Waals surface area (Å²) in [6.45, 7) is 6.60. The molecule has 126 valence electrons. The molecule has 0 saturated carbocycles. The molecule has 0 aliphatic heterocycles. The van der Waals surface area contributed by atoms with E-state index in [1.54, 1.807) is 12.1 Å². The molecular weight excluding hydrogens is 298 g/mol. The molecule has 2 heterocycles. The van der Waals surface area contributed by atoms with Crippen molar-refractivity contribution in [3.8, 4) is 5.75 Å². The Labute approximate surface area is 135 Å². The van der Waals surface area contributed by atoms with Crippen molar-refractivity contribution in [3.63, 3.8) is 0 Å². The predicted molar refractivity (Wildman–Crippen MR) is 86.6 cm³/mol. The van der Waals surface area contributed by atoms with E-state index in [1.807, 2.05) is 4.57 Å². The number of carbonyl (C=O) groups is 1. The summed E-state index contributed by atoms with van der Waals surface area (Å²) in [6, 6.07) is 4.71. The van der Waals surface area contributed by atoms with Crippen molar-refractivity contribution in [2.45, 2.75) is 40.3 Å². The molecule has 0 aliphatic rings. The van der Waals surface area contributed by atoms with E-state index in [4.69, 9.17) is 10.2 Å². The maximum atomic E-state index is 10.7. The number of aldehydes is 1. The fourth-order valence-electron chi connectivity index (χ4n) is 1.93. The molecule has 0 bridgehead atoms. The Morgan fingerprint density at radius 2 is 2.00 bits per heavy atom. The monoisotopic (exact) mass is 321 g/mol. The van der Waals surface area contributed by atoms with Gasteiger partial charge in [0.15, 0.2) is 6.29 Å². The van der Waals surface area contributed by atoms with E-state index in [0.717, 1.165) is 24.9 Å². The molecule has 0 amide bonds.